The molecule has 0 aliphatic carbocycles. The number of rotatable bonds is 2. The van der Waals surface area contributed by atoms with E-state index in [9.17, 15) is 0 Å². The molecule has 0 bridgehead atoms. The molecule has 1 unspecified atom stereocenters. The van der Waals surface area contributed by atoms with Gasteiger partial charge in [-0.1, -0.05) is 13.8 Å². The fourth-order valence-corrected chi connectivity index (χ4v) is 2.43. The molecule has 0 spiro atoms. The molecule has 0 fully saturated rings. The number of fused-ring (bicyclic) bond motifs is 1. The first-order valence-corrected chi connectivity index (χ1v) is 5.95. The normalized spacial score (nSPS) is 20.7. The molecule has 0 radical (unpaired) electrons. The SMILES string of the molecule is CC(C)Cc1nc2n(c1N)C(C)CCC2. The van der Waals surface area contributed by atoms with Crippen LogP contribution in [0.1, 0.15) is 51.2 Å². The first-order valence-electron chi connectivity index (χ1n) is 5.95. The van der Waals surface area contributed by atoms with Crippen LogP contribution in [0.5, 0.6) is 0 Å². The van der Waals surface area contributed by atoms with Gasteiger partial charge in [-0.15, -0.1) is 0 Å². The van der Waals surface area contributed by atoms with Crippen molar-refractivity contribution >= 4 is 5.82 Å². The predicted molar refractivity (Wildman–Crippen MR) is 62.8 cm³/mol. The Kier molecular flexibility index (Phi) is 2.72. The highest BCUT2D eigenvalue weighted by molar-refractivity contribution is 5.39. The summed E-state index contributed by atoms with van der Waals surface area (Å²) in [6, 6.07) is 0.530. The maximum Gasteiger partial charge on any atom is 0.127 e. The third kappa shape index (κ3) is 1.87. The Bertz CT molecular complexity index is 352. The second kappa shape index (κ2) is 3.87. The largest absolute Gasteiger partial charge is 0.384 e. The Hall–Kier alpha value is -0.990. The molecule has 0 saturated heterocycles. The van der Waals surface area contributed by atoms with E-state index in [0.29, 0.717) is 12.0 Å². The number of anilines is 1. The highest BCUT2D eigenvalue weighted by atomic mass is 15.2. The number of nitrogens with zero attached hydrogens (tertiary/aromatic N) is 2. The van der Waals surface area contributed by atoms with E-state index in [2.05, 4.69) is 30.3 Å². The summed E-state index contributed by atoms with van der Waals surface area (Å²) in [5.74, 6) is 2.73. The zero-order valence-corrected chi connectivity index (χ0v) is 9.95. The van der Waals surface area contributed by atoms with Crippen molar-refractivity contribution in [1.82, 2.24) is 9.55 Å². The summed E-state index contributed by atoms with van der Waals surface area (Å²) in [5.41, 5.74) is 7.27. The van der Waals surface area contributed by atoms with Gasteiger partial charge in [-0.05, 0) is 32.1 Å². The molecule has 3 nitrogen and oxygen atoms in total. The summed E-state index contributed by atoms with van der Waals surface area (Å²) in [4.78, 5) is 4.68. The molecule has 2 heterocycles. The lowest BCUT2D eigenvalue weighted by Gasteiger charge is -2.22. The molecular weight excluding hydrogens is 186 g/mol. The maximum absolute atomic E-state index is 6.16. The van der Waals surface area contributed by atoms with Crippen LogP contribution in [-0.4, -0.2) is 9.55 Å². The zero-order valence-electron chi connectivity index (χ0n) is 9.95. The molecule has 84 valence electrons. The van der Waals surface area contributed by atoms with Crippen LogP contribution < -0.4 is 5.73 Å². The van der Waals surface area contributed by atoms with Gasteiger partial charge in [0, 0.05) is 12.5 Å². The van der Waals surface area contributed by atoms with Crippen molar-refractivity contribution in [2.45, 2.75) is 52.5 Å². The van der Waals surface area contributed by atoms with E-state index in [0.717, 1.165) is 24.4 Å². The van der Waals surface area contributed by atoms with E-state index in [4.69, 9.17) is 5.73 Å². The topological polar surface area (TPSA) is 43.8 Å². The Labute approximate surface area is 91.7 Å². The summed E-state index contributed by atoms with van der Waals surface area (Å²) in [7, 11) is 0. The zero-order chi connectivity index (χ0) is 11.0. The third-order valence-electron chi connectivity index (χ3n) is 3.16. The van der Waals surface area contributed by atoms with Crippen LogP contribution in [0, 0.1) is 5.92 Å². The van der Waals surface area contributed by atoms with E-state index in [-0.39, 0.29) is 0 Å². The van der Waals surface area contributed by atoms with Crippen LogP contribution in [0.2, 0.25) is 0 Å². The van der Waals surface area contributed by atoms with Crippen LogP contribution in [-0.2, 0) is 12.8 Å². The quantitative estimate of drug-likeness (QED) is 0.810. The fourth-order valence-electron chi connectivity index (χ4n) is 2.43. The van der Waals surface area contributed by atoms with Gasteiger partial charge in [0.2, 0.25) is 0 Å². The van der Waals surface area contributed by atoms with Gasteiger partial charge in [0.05, 0.1) is 5.69 Å². The molecule has 0 amide bonds. The number of hydrogen-bond acceptors (Lipinski definition) is 2. The molecule has 0 saturated carbocycles. The van der Waals surface area contributed by atoms with Gasteiger partial charge in [0.1, 0.15) is 11.6 Å². The van der Waals surface area contributed by atoms with Gasteiger partial charge < -0.3 is 10.3 Å². The van der Waals surface area contributed by atoms with Crippen molar-refractivity contribution in [1.29, 1.82) is 0 Å². The lowest BCUT2D eigenvalue weighted by molar-refractivity contribution is 0.430. The summed E-state index contributed by atoms with van der Waals surface area (Å²) in [6.45, 7) is 6.66. The van der Waals surface area contributed by atoms with Crippen LogP contribution in [0.4, 0.5) is 5.82 Å². The molecule has 1 aliphatic heterocycles. The van der Waals surface area contributed by atoms with E-state index in [1.165, 1.54) is 18.7 Å². The van der Waals surface area contributed by atoms with Crippen molar-refractivity contribution in [2.75, 3.05) is 5.73 Å². The first-order chi connectivity index (χ1) is 7.09. The molecule has 0 aromatic carbocycles. The second-order valence-corrected chi connectivity index (χ2v) is 5.07. The number of nitrogens with two attached hydrogens (primary N) is 1. The van der Waals surface area contributed by atoms with Crippen LogP contribution in [0.15, 0.2) is 0 Å². The number of imidazole rings is 1. The lowest BCUT2D eigenvalue weighted by atomic mass is 10.1. The van der Waals surface area contributed by atoms with Gasteiger partial charge in [0.25, 0.3) is 0 Å². The summed E-state index contributed by atoms with van der Waals surface area (Å²) in [6.07, 6.45) is 4.57. The average molecular weight is 207 g/mol. The van der Waals surface area contributed by atoms with Gasteiger partial charge >= 0.3 is 0 Å². The molecule has 1 aliphatic rings. The van der Waals surface area contributed by atoms with Crippen LogP contribution in [0.3, 0.4) is 0 Å². The van der Waals surface area contributed by atoms with E-state index >= 15 is 0 Å². The van der Waals surface area contributed by atoms with Gasteiger partial charge in [0.15, 0.2) is 0 Å². The van der Waals surface area contributed by atoms with Crippen molar-refractivity contribution in [3.63, 3.8) is 0 Å². The average Bonchev–Trinajstić information content (AvgIpc) is 2.44. The number of aryl methyl sites for hydroxylation is 1. The first kappa shape index (κ1) is 10.5. The van der Waals surface area contributed by atoms with Crippen molar-refractivity contribution < 1.29 is 0 Å². The van der Waals surface area contributed by atoms with Crippen molar-refractivity contribution in [3.05, 3.63) is 11.5 Å². The molecule has 1 atom stereocenters. The highest BCUT2D eigenvalue weighted by Crippen LogP contribution is 2.30. The number of hydrogen-bond donors (Lipinski definition) is 1. The van der Waals surface area contributed by atoms with E-state index < -0.39 is 0 Å². The van der Waals surface area contributed by atoms with Gasteiger partial charge in [-0.3, -0.25) is 0 Å². The van der Waals surface area contributed by atoms with Crippen molar-refractivity contribution in [3.8, 4) is 0 Å². The molecule has 3 heteroatoms. The predicted octanol–water partition coefficient (Wildman–Crippen LogP) is 2.56. The number of aromatic nitrogens is 2. The van der Waals surface area contributed by atoms with Crippen molar-refractivity contribution in [2.24, 2.45) is 5.92 Å². The Morgan fingerprint density at radius 2 is 2.27 bits per heavy atom. The maximum atomic E-state index is 6.16. The minimum atomic E-state index is 0.530. The summed E-state index contributed by atoms with van der Waals surface area (Å²) in [5, 5.41) is 0. The van der Waals surface area contributed by atoms with Crippen LogP contribution in [0.25, 0.3) is 0 Å². The van der Waals surface area contributed by atoms with E-state index in [1.807, 2.05) is 0 Å². The second-order valence-electron chi connectivity index (χ2n) is 5.07. The standard InChI is InChI=1S/C12H21N3/c1-8(2)7-10-12(13)15-9(3)5-4-6-11(15)14-10/h8-9H,4-7,13H2,1-3H3. The highest BCUT2D eigenvalue weighted by Gasteiger charge is 2.22. The summed E-state index contributed by atoms with van der Waals surface area (Å²) >= 11 is 0. The molecule has 1 aromatic heterocycles. The van der Waals surface area contributed by atoms with E-state index in [1.54, 1.807) is 0 Å². The monoisotopic (exact) mass is 207 g/mol. The molecule has 2 rings (SSSR count). The number of nitrogen functional groups attached to an aromatic ring is 1. The summed E-state index contributed by atoms with van der Waals surface area (Å²) < 4.78 is 2.24. The Balaban J connectivity index is 2.35. The molecule has 2 N–H and O–H groups in total. The van der Waals surface area contributed by atoms with Crippen LogP contribution >= 0.6 is 0 Å². The minimum absolute atomic E-state index is 0.530. The Morgan fingerprint density at radius 1 is 1.53 bits per heavy atom. The van der Waals surface area contributed by atoms with Gasteiger partial charge in [-0.2, -0.15) is 0 Å². The molecule has 1 aromatic rings. The fraction of sp³-hybridized carbons (Fsp3) is 0.750. The molecular formula is C12H21N3. The smallest absolute Gasteiger partial charge is 0.127 e. The third-order valence-corrected chi connectivity index (χ3v) is 3.16. The van der Waals surface area contributed by atoms with Gasteiger partial charge in [-0.25, -0.2) is 4.98 Å². The minimum Gasteiger partial charge on any atom is -0.384 e. The lowest BCUT2D eigenvalue weighted by Crippen LogP contribution is -2.17. The molecule has 15 heavy (non-hydrogen) atoms. The Morgan fingerprint density at radius 3 is 2.87 bits per heavy atom.